The van der Waals surface area contributed by atoms with Crippen molar-refractivity contribution in [3.8, 4) is 0 Å². The molecule has 0 radical (unpaired) electrons. The van der Waals surface area contributed by atoms with Gasteiger partial charge in [0.05, 0.1) is 0 Å². The molecule has 1 aromatic carbocycles. The highest BCUT2D eigenvalue weighted by molar-refractivity contribution is 6.34. The van der Waals surface area contributed by atoms with Gasteiger partial charge in [-0.3, -0.25) is 0 Å². The number of hydrogen-bond acceptors (Lipinski definition) is 3. The number of rotatable bonds is 4. The standard InChI is InChI=1S/C15H20ClN3/c1-10(2)9-19(11(3)4)15-13-8-6-5-7-12(13)14(16)17-18-15/h5-8,10-11H,9H2,1-4H3. The van der Waals surface area contributed by atoms with Crippen molar-refractivity contribution >= 4 is 28.2 Å². The molecule has 0 bridgehead atoms. The van der Waals surface area contributed by atoms with Crippen LogP contribution in [0.1, 0.15) is 27.7 Å². The molecule has 0 saturated carbocycles. The lowest BCUT2D eigenvalue weighted by Gasteiger charge is -2.30. The molecular weight excluding hydrogens is 258 g/mol. The Labute approximate surface area is 119 Å². The molecule has 0 spiro atoms. The van der Waals surface area contributed by atoms with Gasteiger partial charge in [-0.25, -0.2) is 0 Å². The van der Waals surface area contributed by atoms with E-state index in [1.807, 2.05) is 18.2 Å². The van der Waals surface area contributed by atoms with E-state index in [1.165, 1.54) is 0 Å². The molecule has 0 saturated heterocycles. The van der Waals surface area contributed by atoms with Gasteiger partial charge < -0.3 is 4.90 Å². The van der Waals surface area contributed by atoms with Crippen LogP contribution < -0.4 is 4.90 Å². The van der Waals surface area contributed by atoms with E-state index in [1.54, 1.807) is 0 Å². The summed E-state index contributed by atoms with van der Waals surface area (Å²) in [5, 5.41) is 10.9. The Kier molecular flexibility index (Phi) is 4.25. The molecule has 1 aromatic heterocycles. The van der Waals surface area contributed by atoms with Gasteiger partial charge in [0.2, 0.25) is 0 Å². The van der Waals surface area contributed by atoms with Crippen LogP contribution in [0, 0.1) is 5.92 Å². The second-order valence-electron chi connectivity index (χ2n) is 5.50. The summed E-state index contributed by atoms with van der Waals surface area (Å²) in [5.74, 6) is 1.49. The molecule has 0 aliphatic heterocycles. The SMILES string of the molecule is CC(C)CN(c1nnc(Cl)c2ccccc12)C(C)C. The van der Waals surface area contributed by atoms with E-state index in [4.69, 9.17) is 11.6 Å². The fourth-order valence-electron chi connectivity index (χ4n) is 2.20. The highest BCUT2D eigenvalue weighted by Crippen LogP contribution is 2.29. The molecular formula is C15H20ClN3. The van der Waals surface area contributed by atoms with Gasteiger partial charge in [-0.2, -0.15) is 0 Å². The highest BCUT2D eigenvalue weighted by atomic mass is 35.5. The van der Waals surface area contributed by atoms with Crippen molar-refractivity contribution < 1.29 is 0 Å². The van der Waals surface area contributed by atoms with Gasteiger partial charge in [0.15, 0.2) is 11.0 Å². The third-order valence-corrected chi connectivity index (χ3v) is 3.36. The lowest BCUT2D eigenvalue weighted by atomic mass is 10.1. The minimum Gasteiger partial charge on any atom is -0.352 e. The molecule has 3 nitrogen and oxygen atoms in total. The summed E-state index contributed by atoms with van der Waals surface area (Å²) in [7, 11) is 0. The van der Waals surface area contributed by atoms with Gasteiger partial charge in [-0.05, 0) is 19.8 Å². The van der Waals surface area contributed by atoms with Gasteiger partial charge in [0, 0.05) is 23.4 Å². The van der Waals surface area contributed by atoms with Crippen LogP contribution in [0.5, 0.6) is 0 Å². The van der Waals surface area contributed by atoms with Crippen molar-refractivity contribution in [2.75, 3.05) is 11.4 Å². The minimum atomic E-state index is 0.376. The largest absolute Gasteiger partial charge is 0.352 e. The van der Waals surface area contributed by atoms with Gasteiger partial charge in [-0.15, -0.1) is 10.2 Å². The predicted octanol–water partition coefficient (Wildman–Crippen LogP) is 4.15. The summed E-state index contributed by atoms with van der Waals surface area (Å²) < 4.78 is 0. The third kappa shape index (κ3) is 2.98. The molecule has 0 amide bonds. The summed E-state index contributed by atoms with van der Waals surface area (Å²) in [6.45, 7) is 9.72. The Balaban J connectivity index is 2.57. The Morgan fingerprint density at radius 2 is 1.68 bits per heavy atom. The number of halogens is 1. The minimum absolute atomic E-state index is 0.376. The van der Waals surface area contributed by atoms with Crippen LogP contribution in [0.2, 0.25) is 5.15 Å². The average Bonchev–Trinajstić information content (AvgIpc) is 2.37. The molecule has 19 heavy (non-hydrogen) atoms. The van der Waals surface area contributed by atoms with E-state index in [0.29, 0.717) is 17.1 Å². The number of fused-ring (bicyclic) bond motifs is 1. The summed E-state index contributed by atoms with van der Waals surface area (Å²) in [6, 6.07) is 8.41. The Morgan fingerprint density at radius 3 is 2.26 bits per heavy atom. The van der Waals surface area contributed by atoms with Crippen molar-refractivity contribution in [3.63, 3.8) is 0 Å². The third-order valence-electron chi connectivity index (χ3n) is 3.08. The molecule has 4 heteroatoms. The molecule has 0 aliphatic carbocycles. The summed E-state index contributed by atoms with van der Waals surface area (Å²) in [5.41, 5.74) is 0. The molecule has 0 fully saturated rings. The molecule has 0 N–H and O–H groups in total. The first-order valence-electron chi connectivity index (χ1n) is 6.68. The summed E-state index contributed by atoms with van der Waals surface area (Å²) in [4.78, 5) is 2.29. The maximum absolute atomic E-state index is 6.13. The van der Waals surface area contributed by atoms with Crippen LogP contribution in [0.4, 0.5) is 5.82 Å². The van der Waals surface area contributed by atoms with E-state index < -0.39 is 0 Å². The summed E-state index contributed by atoms with van der Waals surface area (Å²) >= 11 is 6.13. The fraction of sp³-hybridized carbons (Fsp3) is 0.467. The molecule has 0 aliphatic rings. The molecule has 0 unspecified atom stereocenters. The van der Waals surface area contributed by atoms with E-state index in [-0.39, 0.29) is 0 Å². The number of aromatic nitrogens is 2. The van der Waals surface area contributed by atoms with Crippen LogP contribution in [-0.2, 0) is 0 Å². The molecule has 102 valence electrons. The van der Waals surface area contributed by atoms with E-state index in [2.05, 4.69) is 48.9 Å². The number of hydrogen-bond donors (Lipinski definition) is 0. The zero-order chi connectivity index (χ0) is 14.0. The number of anilines is 1. The number of nitrogens with zero attached hydrogens (tertiary/aromatic N) is 3. The zero-order valence-electron chi connectivity index (χ0n) is 11.9. The lowest BCUT2D eigenvalue weighted by Crippen LogP contribution is -2.35. The van der Waals surface area contributed by atoms with Gasteiger partial charge >= 0.3 is 0 Å². The Morgan fingerprint density at radius 1 is 1.05 bits per heavy atom. The van der Waals surface area contributed by atoms with Crippen LogP contribution in [-0.4, -0.2) is 22.8 Å². The monoisotopic (exact) mass is 277 g/mol. The average molecular weight is 278 g/mol. The quantitative estimate of drug-likeness (QED) is 0.840. The topological polar surface area (TPSA) is 29.0 Å². The van der Waals surface area contributed by atoms with Gasteiger partial charge in [0.1, 0.15) is 0 Å². The second kappa shape index (κ2) is 5.74. The lowest BCUT2D eigenvalue weighted by molar-refractivity contribution is 0.565. The second-order valence-corrected chi connectivity index (χ2v) is 5.86. The van der Waals surface area contributed by atoms with Gasteiger partial charge in [-0.1, -0.05) is 49.7 Å². The van der Waals surface area contributed by atoms with Crippen molar-refractivity contribution in [2.24, 2.45) is 5.92 Å². The van der Waals surface area contributed by atoms with Crippen LogP contribution in [0.15, 0.2) is 24.3 Å². The smallest absolute Gasteiger partial charge is 0.159 e. The maximum atomic E-state index is 6.13. The molecule has 1 heterocycles. The van der Waals surface area contributed by atoms with Crippen molar-refractivity contribution in [1.29, 1.82) is 0 Å². The maximum Gasteiger partial charge on any atom is 0.159 e. The normalized spacial score (nSPS) is 11.5. The van der Waals surface area contributed by atoms with Crippen LogP contribution in [0.25, 0.3) is 10.8 Å². The van der Waals surface area contributed by atoms with Crippen LogP contribution >= 0.6 is 11.6 Å². The Hall–Kier alpha value is -1.35. The van der Waals surface area contributed by atoms with Gasteiger partial charge in [0.25, 0.3) is 0 Å². The Bertz CT molecular complexity index is 566. The summed E-state index contributed by atoms with van der Waals surface area (Å²) in [6.07, 6.45) is 0. The molecule has 2 rings (SSSR count). The first-order valence-corrected chi connectivity index (χ1v) is 7.06. The van der Waals surface area contributed by atoms with E-state index in [0.717, 1.165) is 23.1 Å². The van der Waals surface area contributed by atoms with Crippen molar-refractivity contribution in [2.45, 2.75) is 33.7 Å². The van der Waals surface area contributed by atoms with E-state index in [9.17, 15) is 0 Å². The van der Waals surface area contributed by atoms with E-state index >= 15 is 0 Å². The highest BCUT2D eigenvalue weighted by Gasteiger charge is 2.18. The molecule has 2 aromatic rings. The van der Waals surface area contributed by atoms with Crippen LogP contribution in [0.3, 0.4) is 0 Å². The first kappa shape index (κ1) is 14.1. The first-order chi connectivity index (χ1) is 9.00. The van der Waals surface area contributed by atoms with Crippen molar-refractivity contribution in [1.82, 2.24) is 10.2 Å². The molecule has 0 atom stereocenters. The van der Waals surface area contributed by atoms with Crippen molar-refractivity contribution in [3.05, 3.63) is 29.4 Å². The zero-order valence-corrected chi connectivity index (χ0v) is 12.6. The fourth-order valence-corrected chi connectivity index (χ4v) is 2.41. The predicted molar refractivity (Wildman–Crippen MR) is 81.9 cm³/mol. The number of benzene rings is 1.